The van der Waals surface area contributed by atoms with Crippen LogP contribution in [0.15, 0.2) is 42.5 Å². The Kier molecular flexibility index (Phi) is 5.95. The van der Waals surface area contributed by atoms with E-state index in [1.165, 1.54) is 18.2 Å². The number of amides is 1. The van der Waals surface area contributed by atoms with E-state index in [2.05, 4.69) is 16.7 Å². The lowest BCUT2D eigenvalue weighted by Crippen LogP contribution is -2.18. The molecule has 2 aromatic carbocycles. The molecule has 0 saturated heterocycles. The third-order valence-electron chi connectivity index (χ3n) is 3.51. The molecule has 0 aliphatic carbocycles. The summed E-state index contributed by atoms with van der Waals surface area (Å²) in [7, 11) is 1.31. The standard InChI is InChI=1S/C19H22N2O3/c1-13-10-14(2)12-15(11-13)20-9-8-18(22)21-17-7-5-4-6-16(17)19(23)24-3/h4-7,10-12,20H,8-9H2,1-3H3,(H,21,22). The first-order chi connectivity index (χ1) is 11.5. The Balaban J connectivity index is 1.91. The fourth-order valence-electron chi connectivity index (χ4n) is 2.49. The van der Waals surface area contributed by atoms with E-state index in [0.717, 1.165) is 5.69 Å². The van der Waals surface area contributed by atoms with Gasteiger partial charge in [0.2, 0.25) is 5.91 Å². The second-order valence-corrected chi connectivity index (χ2v) is 5.64. The predicted octanol–water partition coefficient (Wildman–Crippen LogP) is 3.53. The fraction of sp³-hybridized carbons (Fsp3) is 0.263. The minimum absolute atomic E-state index is 0.164. The quantitative estimate of drug-likeness (QED) is 0.797. The van der Waals surface area contributed by atoms with Crippen LogP contribution in [0.2, 0.25) is 0 Å². The Morgan fingerprint density at radius 2 is 1.71 bits per heavy atom. The van der Waals surface area contributed by atoms with Gasteiger partial charge in [-0.1, -0.05) is 18.2 Å². The lowest BCUT2D eigenvalue weighted by Gasteiger charge is -2.11. The maximum Gasteiger partial charge on any atom is 0.339 e. The Labute approximate surface area is 142 Å². The summed E-state index contributed by atoms with van der Waals surface area (Å²) >= 11 is 0. The first-order valence-electron chi connectivity index (χ1n) is 7.79. The van der Waals surface area contributed by atoms with Gasteiger partial charge in [-0.25, -0.2) is 4.79 Å². The van der Waals surface area contributed by atoms with Gasteiger partial charge in [0, 0.05) is 18.7 Å². The normalized spacial score (nSPS) is 10.1. The molecule has 0 aromatic heterocycles. The van der Waals surface area contributed by atoms with Crippen LogP contribution in [0.25, 0.3) is 0 Å². The highest BCUT2D eigenvalue weighted by molar-refractivity contribution is 6.01. The maximum absolute atomic E-state index is 12.1. The van der Waals surface area contributed by atoms with Crippen molar-refractivity contribution in [2.24, 2.45) is 0 Å². The zero-order valence-corrected chi connectivity index (χ0v) is 14.2. The molecule has 0 saturated carbocycles. The summed E-state index contributed by atoms with van der Waals surface area (Å²) in [6, 6.07) is 13.0. The molecule has 2 rings (SSSR count). The Morgan fingerprint density at radius 3 is 2.38 bits per heavy atom. The molecule has 126 valence electrons. The first kappa shape index (κ1) is 17.5. The van der Waals surface area contributed by atoms with Crippen LogP contribution in [0.1, 0.15) is 27.9 Å². The molecule has 0 aliphatic heterocycles. The molecule has 0 radical (unpaired) electrons. The highest BCUT2D eigenvalue weighted by atomic mass is 16.5. The van der Waals surface area contributed by atoms with E-state index >= 15 is 0 Å². The van der Waals surface area contributed by atoms with Gasteiger partial charge in [0.25, 0.3) is 0 Å². The molecule has 24 heavy (non-hydrogen) atoms. The average molecular weight is 326 g/mol. The monoisotopic (exact) mass is 326 g/mol. The third-order valence-corrected chi connectivity index (χ3v) is 3.51. The largest absolute Gasteiger partial charge is 0.465 e. The molecule has 0 spiro atoms. The van der Waals surface area contributed by atoms with Gasteiger partial charge in [0.15, 0.2) is 0 Å². The van der Waals surface area contributed by atoms with Gasteiger partial charge in [-0.05, 0) is 49.2 Å². The molecule has 5 nitrogen and oxygen atoms in total. The molecule has 2 aromatic rings. The number of hydrogen-bond donors (Lipinski definition) is 2. The van der Waals surface area contributed by atoms with Crippen LogP contribution < -0.4 is 10.6 Å². The Morgan fingerprint density at radius 1 is 1.04 bits per heavy atom. The van der Waals surface area contributed by atoms with Crippen LogP contribution in [0.3, 0.4) is 0 Å². The molecule has 0 heterocycles. The number of nitrogens with one attached hydrogen (secondary N) is 2. The Hall–Kier alpha value is -2.82. The summed E-state index contributed by atoms with van der Waals surface area (Å²) in [5.41, 5.74) is 4.15. The predicted molar refractivity (Wildman–Crippen MR) is 95.4 cm³/mol. The number of carbonyl (C=O) groups is 2. The van der Waals surface area contributed by atoms with Gasteiger partial charge in [0.05, 0.1) is 18.4 Å². The van der Waals surface area contributed by atoms with E-state index < -0.39 is 5.97 Å². The average Bonchev–Trinajstić information content (AvgIpc) is 2.53. The van der Waals surface area contributed by atoms with Gasteiger partial charge < -0.3 is 15.4 Å². The smallest absolute Gasteiger partial charge is 0.339 e. The number of anilines is 2. The summed E-state index contributed by atoms with van der Waals surface area (Å²) in [6.45, 7) is 4.58. The molecular weight excluding hydrogens is 304 g/mol. The summed E-state index contributed by atoms with van der Waals surface area (Å²) in [6.07, 6.45) is 0.294. The molecule has 0 fully saturated rings. The van der Waals surface area contributed by atoms with E-state index in [4.69, 9.17) is 4.74 Å². The third kappa shape index (κ3) is 4.84. The molecule has 0 bridgehead atoms. The van der Waals surface area contributed by atoms with E-state index in [-0.39, 0.29) is 5.91 Å². The van der Waals surface area contributed by atoms with Crippen molar-refractivity contribution in [2.75, 3.05) is 24.3 Å². The Bertz CT molecular complexity index is 721. The number of benzene rings is 2. The van der Waals surface area contributed by atoms with E-state index in [1.54, 1.807) is 24.3 Å². The lowest BCUT2D eigenvalue weighted by atomic mass is 10.1. The molecule has 0 atom stereocenters. The molecule has 2 N–H and O–H groups in total. The van der Waals surface area contributed by atoms with Crippen LogP contribution in [-0.2, 0) is 9.53 Å². The molecular formula is C19H22N2O3. The van der Waals surface area contributed by atoms with Crippen LogP contribution in [0.4, 0.5) is 11.4 Å². The number of methoxy groups -OCH3 is 1. The second-order valence-electron chi connectivity index (χ2n) is 5.64. The van der Waals surface area contributed by atoms with E-state index in [1.807, 2.05) is 26.0 Å². The van der Waals surface area contributed by atoms with Crippen molar-refractivity contribution < 1.29 is 14.3 Å². The lowest BCUT2D eigenvalue weighted by molar-refractivity contribution is -0.115. The number of esters is 1. The zero-order chi connectivity index (χ0) is 17.5. The topological polar surface area (TPSA) is 67.4 Å². The number of ether oxygens (including phenoxy) is 1. The second kappa shape index (κ2) is 8.15. The number of para-hydroxylation sites is 1. The van der Waals surface area contributed by atoms with Crippen molar-refractivity contribution >= 4 is 23.3 Å². The van der Waals surface area contributed by atoms with Crippen molar-refractivity contribution in [3.05, 3.63) is 59.2 Å². The summed E-state index contributed by atoms with van der Waals surface area (Å²) in [5.74, 6) is -0.637. The summed E-state index contributed by atoms with van der Waals surface area (Å²) in [4.78, 5) is 23.8. The van der Waals surface area contributed by atoms with Crippen molar-refractivity contribution in [1.82, 2.24) is 0 Å². The molecule has 0 unspecified atom stereocenters. The van der Waals surface area contributed by atoms with Crippen LogP contribution in [0.5, 0.6) is 0 Å². The molecule has 5 heteroatoms. The van der Waals surface area contributed by atoms with Crippen LogP contribution in [0, 0.1) is 13.8 Å². The number of hydrogen-bond acceptors (Lipinski definition) is 4. The summed E-state index contributed by atoms with van der Waals surface area (Å²) in [5, 5.41) is 5.99. The van der Waals surface area contributed by atoms with E-state index in [0.29, 0.717) is 24.2 Å². The van der Waals surface area contributed by atoms with Crippen LogP contribution in [-0.4, -0.2) is 25.5 Å². The SMILES string of the molecule is COC(=O)c1ccccc1NC(=O)CCNc1cc(C)cc(C)c1. The van der Waals surface area contributed by atoms with Crippen molar-refractivity contribution in [2.45, 2.75) is 20.3 Å². The van der Waals surface area contributed by atoms with Gasteiger partial charge in [-0.15, -0.1) is 0 Å². The molecule has 0 aliphatic rings. The number of rotatable bonds is 6. The number of carbonyl (C=O) groups excluding carboxylic acids is 2. The van der Waals surface area contributed by atoms with Gasteiger partial charge >= 0.3 is 5.97 Å². The van der Waals surface area contributed by atoms with Crippen molar-refractivity contribution in [3.63, 3.8) is 0 Å². The minimum atomic E-state index is -0.473. The first-order valence-corrected chi connectivity index (χ1v) is 7.79. The van der Waals surface area contributed by atoms with E-state index in [9.17, 15) is 9.59 Å². The van der Waals surface area contributed by atoms with Crippen LogP contribution >= 0.6 is 0 Å². The van der Waals surface area contributed by atoms with Gasteiger partial charge in [-0.2, -0.15) is 0 Å². The van der Waals surface area contributed by atoms with Gasteiger partial charge in [0.1, 0.15) is 0 Å². The fourth-order valence-corrected chi connectivity index (χ4v) is 2.49. The molecule has 1 amide bonds. The number of aryl methyl sites for hydroxylation is 2. The zero-order valence-electron chi connectivity index (χ0n) is 14.2. The maximum atomic E-state index is 12.1. The highest BCUT2D eigenvalue weighted by Crippen LogP contribution is 2.17. The van der Waals surface area contributed by atoms with Crippen molar-refractivity contribution in [3.8, 4) is 0 Å². The highest BCUT2D eigenvalue weighted by Gasteiger charge is 2.12. The minimum Gasteiger partial charge on any atom is -0.465 e. The summed E-state index contributed by atoms with van der Waals surface area (Å²) < 4.78 is 4.72. The van der Waals surface area contributed by atoms with Crippen molar-refractivity contribution in [1.29, 1.82) is 0 Å². The van der Waals surface area contributed by atoms with Gasteiger partial charge in [-0.3, -0.25) is 4.79 Å².